The van der Waals surface area contributed by atoms with Crippen molar-refractivity contribution in [2.24, 2.45) is 0 Å². The quantitative estimate of drug-likeness (QED) is 0.233. The van der Waals surface area contributed by atoms with Gasteiger partial charge in [0, 0.05) is 10.9 Å². The van der Waals surface area contributed by atoms with Gasteiger partial charge < -0.3 is 9.47 Å². The number of Topliss-reactive ketones (excluding diaryl/α,β-unsaturated/α-hetero) is 1. The van der Waals surface area contributed by atoms with E-state index < -0.39 is 12.1 Å². The molecule has 0 saturated carbocycles. The highest BCUT2D eigenvalue weighted by molar-refractivity contribution is 6.08. The minimum absolute atomic E-state index is 0.226. The van der Waals surface area contributed by atoms with Gasteiger partial charge in [-0.3, -0.25) is 4.79 Å². The van der Waals surface area contributed by atoms with Crippen LogP contribution in [0, 0.1) is 0 Å². The maximum absolute atomic E-state index is 13.6. The van der Waals surface area contributed by atoms with Crippen molar-refractivity contribution in [3.8, 4) is 5.75 Å². The zero-order valence-electron chi connectivity index (χ0n) is 20.4. The summed E-state index contributed by atoms with van der Waals surface area (Å²) in [5.74, 6) is 0.0816. The van der Waals surface area contributed by atoms with Crippen LogP contribution >= 0.6 is 0 Å². The van der Waals surface area contributed by atoms with Gasteiger partial charge in [-0.2, -0.15) is 0 Å². The fourth-order valence-corrected chi connectivity index (χ4v) is 4.72. The molecule has 4 aromatic rings. The van der Waals surface area contributed by atoms with Gasteiger partial charge in [-0.05, 0) is 67.2 Å². The predicted octanol–water partition coefficient (Wildman–Crippen LogP) is 6.55. The number of nitrogens with zero attached hydrogens (tertiary/aromatic N) is 1. The first-order valence-corrected chi connectivity index (χ1v) is 12.1. The van der Waals surface area contributed by atoms with Gasteiger partial charge in [0.2, 0.25) is 5.78 Å². The molecule has 0 aliphatic heterocycles. The fourth-order valence-electron chi connectivity index (χ4n) is 4.72. The number of carbonyl (C=O) groups is 2. The number of hydrogen-bond donors (Lipinski definition) is 0. The number of aromatic nitrogens is 1. The summed E-state index contributed by atoms with van der Waals surface area (Å²) in [5, 5.41) is 0.742. The molecule has 0 saturated heterocycles. The van der Waals surface area contributed by atoms with Crippen molar-refractivity contribution in [3.63, 3.8) is 0 Å². The Morgan fingerprint density at radius 2 is 1.64 bits per heavy atom. The predicted molar refractivity (Wildman–Crippen MR) is 141 cm³/mol. The van der Waals surface area contributed by atoms with Crippen molar-refractivity contribution in [1.82, 2.24) is 4.98 Å². The molecule has 1 heterocycles. The molecule has 0 spiro atoms. The summed E-state index contributed by atoms with van der Waals surface area (Å²) >= 11 is 0. The number of methoxy groups -OCH3 is 1. The van der Waals surface area contributed by atoms with E-state index in [1.807, 2.05) is 54.6 Å². The molecular weight excluding hydrogens is 450 g/mol. The number of ketones is 1. The van der Waals surface area contributed by atoms with E-state index in [1.54, 1.807) is 38.3 Å². The van der Waals surface area contributed by atoms with Crippen molar-refractivity contribution in [2.75, 3.05) is 7.11 Å². The summed E-state index contributed by atoms with van der Waals surface area (Å²) in [6.07, 6.45) is 3.70. The zero-order chi connectivity index (χ0) is 25.1. The summed E-state index contributed by atoms with van der Waals surface area (Å²) in [6.45, 7) is 1.62. The molecule has 1 aliphatic rings. The van der Waals surface area contributed by atoms with Gasteiger partial charge in [0.15, 0.2) is 6.10 Å². The van der Waals surface area contributed by atoms with Crippen molar-refractivity contribution >= 4 is 34.3 Å². The van der Waals surface area contributed by atoms with E-state index in [2.05, 4.69) is 6.08 Å². The molecule has 0 amide bonds. The molecule has 1 aliphatic carbocycles. The fraction of sp³-hybridized carbons (Fsp3) is 0.194. The highest BCUT2D eigenvalue weighted by atomic mass is 16.5. The Hall–Kier alpha value is -4.25. The van der Waals surface area contributed by atoms with E-state index in [1.165, 1.54) is 0 Å². The van der Waals surface area contributed by atoms with Crippen molar-refractivity contribution in [3.05, 3.63) is 107 Å². The number of benzene rings is 3. The van der Waals surface area contributed by atoms with Gasteiger partial charge in [-0.25, -0.2) is 9.78 Å². The maximum atomic E-state index is 13.6. The average molecular weight is 478 g/mol. The Bertz CT molecular complexity index is 1460. The molecule has 3 aromatic carbocycles. The van der Waals surface area contributed by atoms with Gasteiger partial charge in [-0.1, -0.05) is 60.7 Å². The highest BCUT2D eigenvalue weighted by Gasteiger charge is 2.28. The second kappa shape index (κ2) is 10.2. The van der Waals surface area contributed by atoms with Crippen LogP contribution in [0.1, 0.15) is 57.3 Å². The van der Waals surface area contributed by atoms with E-state index in [-0.39, 0.29) is 5.78 Å². The highest BCUT2D eigenvalue weighted by Crippen LogP contribution is 2.36. The first-order valence-electron chi connectivity index (χ1n) is 12.1. The average Bonchev–Trinajstić information content (AvgIpc) is 2.92. The first kappa shape index (κ1) is 23.5. The van der Waals surface area contributed by atoms with Crippen LogP contribution in [-0.4, -0.2) is 30.0 Å². The molecular formula is C31H27NO4. The molecule has 5 nitrogen and oxygen atoms in total. The van der Waals surface area contributed by atoms with E-state index in [9.17, 15) is 9.59 Å². The van der Waals surface area contributed by atoms with Crippen LogP contribution in [0.25, 0.3) is 22.6 Å². The Morgan fingerprint density at radius 3 is 2.39 bits per heavy atom. The monoisotopic (exact) mass is 477 g/mol. The van der Waals surface area contributed by atoms with Crippen molar-refractivity contribution in [2.45, 2.75) is 32.3 Å². The SMILES string of the molecule is COc1ccc(C=C2CCCc3c2nc2ccccc2c3C(=O)OC(C)C(=O)c2ccccc2)cc1. The zero-order valence-corrected chi connectivity index (χ0v) is 20.4. The molecule has 36 heavy (non-hydrogen) atoms. The smallest absolute Gasteiger partial charge is 0.339 e. The van der Waals surface area contributed by atoms with Crippen molar-refractivity contribution < 1.29 is 19.1 Å². The second-order valence-electron chi connectivity index (χ2n) is 8.91. The van der Waals surface area contributed by atoms with Gasteiger partial charge in [0.05, 0.1) is 23.9 Å². The van der Waals surface area contributed by atoms with Crippen LogP contribution in [0.5, 0.6) is 5.75 Å². The number of para-hydroxylation sites is 1. The molecule has 0 radical (unpaired) electrons. The number of fused-ring (bicyclic) bond motifs is 2. The lowest BCUT2D eigenvalue weighted by molar-refractivity contribution is 0.0319. The minimum atomic E-state index is -0.902. The number of esters is 1. The number of carbonyl (C=O) groups excluding carboxylic acids is 2. The Balaban J connectivity index is 1.55. The van der Waals surface area contributed by atoms with Gasteiger partial charge >= 0.3 is 5.97 Å². The number of pyridine rings is 1. The number of rotatable bonds is 6. The third-order valence-electron chi connectivity index (χ3n) is 6.54. The third-order valence-corrected chi connectivity index (χ3v) is 6.54. The molecule has 0 bridgehead atoms. The summed E-state index contributed by atoms with van der Waals surface area (Å²) in [7, 11) is 1.65. The van der Waals surface area contributed by atoms with Crippen LogP contribution in [0.3, 0.4) is 0 Å². The lowest BCUT2D eigenvalue weighted by atomic mass is 9.86. The van der Waals surface area contributed by atoms with Gasteiger partial charge in [0.25, 0.3) is 0 Å². The van der Waals surface area contributed by atoms with Gasteiger partial charge in [0.1, 0.15) is 5.75 Å². The third kappa shape index (κ3) is 4.65. The normalized spacial score (nSPS) is 14.8. The Kier molecular flexibility index (Phi) is 6.63. The van der Waals surface area contributed by atoms with E-state index >= 15 is 0 Å². The lowest BCUT2D eigenvalue weighted by Crippen LogP contribution is -2.26. The van der Waals surface area contributed by atoms with Crippen LogP contribution in [0.2, 0.25) is 0 Å². The minimum Gasteiger partial charge on any atom is -0.497 e. The van der Waals surface area contributed by atoms with E-state index in [4.69, 9.17) is 14.5 Å². The van der Waals surface area contributed by atoms with Crippen LogP contribution in [0.4, 0.5) is 0 Å². The standard InChI is InChI=1S/C31H27NO4/c1-20(30(33)22-9-4-3-5-10-22)36-31(34)28-25-12-6-7-14-27(25)32-29-23(11-8-13-26(28)29)19-21-15-17-24(35-2)18-16-21/h3-7,9-10,12,14-20H,8,11,13H2,1-2H3. The Labute approximate surface area is 210 Å². The topological polar surface area (TPSA) is 65.5 Å². The van der Waals surface area contributed by atoms with E-state index in [0.717, 1.165) is 58.3 Å². The molecule has 1 atom stereocenters. The van der Waals surface area contributed by atoms with E-state index in [0.29, 0.717) is 11.1 Å². The summed E-state index contributed by atoms with van der Waals surface area (Å²) < 4.78 is 11.0. The maximum Gasteiger partial charge on any atom is 0.339 e. The summed E-state index contributed by atoms with van der Waals surface area (Å²) in [6, 6.07) is 24.4. The summed E-state index contributed by atoms with van der Waals surface area (Å²) in [4.78, 5) is 31.4. The Morgan fingerprint density at radius 1 is 0.917 bits per heavy atom. The summed E-state index contributed by atoms with van der Waals surface area (Å²) in [5.41, 5.74) is 5.57. The lowest BCUT2D eigenvalue weighted by Gasteiger charge is -2.23. The second-order valence-corrected chi connectivity index (χ2v) is 8.91. The van der Waals surface area contributed by atoms with Gasteiger partial charge in [-0.15, -0.1) is 0 Å². The largest absolute Gasteiger partial charge is 0.497 e. The number of ether oxygens (including phenoxy) is 2. The molecule has 0 fully saturated rings. The molecule has 5 heteroatoms. The number of hydrogen-bond acceptors (Lipinski definition) is 5. The van der Waals surface area contributed by atoms with Crippen molar-refractivity contribution in [1.29, 1.82) is 0 Å². The van der Waals surface area contributed by atoms with Crippen LogP contribution in [-0.2, 0) is 11.2 Å². The molecule has 0 N–H and O–H groups in total. The van der Waals surface area contributed by atoms with Crippen LogP contribution in [0.15, 0.2) is 78.9 Å². The molecule has 1 aromatic heterocycles. The molecule has 5 rings (SSSR count). The first-order chi connectivity index (χ1) is 17.5. The van der Waals surface area contributed by atoms with Crippen LogP contribution < -0.4 is 4.74 Å². The molecule has 180 valence electrons. The number of allylic oxidation sites excluding steroid dienone is 1. The molecule has 1 unspecified atom stereocenters.